The Hall–Kier alpha value is -2.47. The molecule has 4 nitrogen and oxygen atoms in total. The van der Waals surface area contributed by atoms with Crippen molar-refractivity contribution in [2.75, 3.05) is 36.1 Å². The van der Waals surface area contributed by atoms with Crippen molar-refractivity contribution >= 4 is 28.7 Å². The normalized spacial score (nSPS) is 19.3. The molecule has 0 spiro atoms. The molecule has 0 aliphatic carbocycles. The third-order valence-electron chi connectivity index (χ3n) is 5.17. The average Bonchev–Trinajstić information content (AvgIpc) is 3.06. The van der Waals surface area contributed by atoms with E-state index in [0.29, 0.717) is 13.1 Å². The van der Waals surface area contributed by atoms with Crippen LogP contribution in [0, 0.1) is 6.92 Å². The summed E-state index contributed by atoms with van der Waals surface area (Å²) in [7, 11) is 0. The van der Waals surface area contributed by atoms with E-state index in [2.05, 4.69) is 71.4 Å². The fourth-order valence-corrected chi connectivity index (χ4v) is 5.13. The standard InChI is InChI=1S/C24H26N2O2S/c1-18-9-10-22-23(17-18)29-24(26(22)14-16-28)8-4-5-19-11-12-25(13-15-27)21-7-3-2-6-20(19)21/h2-12,17,24,27-28H,13-16H2,1H3/b8-4+,19-5+. The van der Waals surface area contributed by atoms with Crippen molar-refractivity contribution < 1.29 is 10.2 Å². The van der Waals surface area contributed by atoms with Crippen molar-refractivity contribution in [3.8, 4) is 0 Å². The molecule has 2 N–H and O–H groups in total. The molecule has 0 radical (unpaired) electrons. The fourth-order valence-electron chi connectivity index (χ4n) is 3.79. The van der Waals surface area contributed by atoms with Crippen molar-refractivity contribution in [2.24, 2.45) is 0 Å². The summed E-state index contributed by atoms with van der Waals surface area (Å²) in [5.41, 5.74) is 5.88. The Labute approximate surface area is 176 Å². The molecule has 2 aromatic rings. The zero-order valence-electron chi connectivity index (χ0n) is 16.5. The zero-order chi connectivity index (χ0) is 20.2. The number of thioether (sulfide) groups is 1. The first kappa shape index (κ1) is 19.8. The monoisotopic (exact) mass is 406 g/mol. The van der Waals surface area contributed by atoms with Crippen LogP contribution in [-0.2, 0) is 0 Å². The smallest absolute Gasteiger partial charge is 0.0986 e. The Morgan fingerprint density at radius 2 is 1.86 bits per heavy atom. The topological polar surface area (TPSA) is 46.9 Å². The number of benzene rings is 2. The Morgan fingerprint density at radius 1 is 1.03 bits per heavy atom. The molecule has 0 bridgehead atoms. The van der Waals surface area contributed by atoms with E-state index in [9.17, 15) is 10.2 Å². The number of rotatable bonds is 6. The van der Waals surface area contributed by atoms with Gasteiger partial charge in [0.05, 0.1) is 24.3 Å². The molecule has 5 heteroatoms. The Morgan fingerprint density at radius 3 is 2.69 bits per heavy atom. The van der Waals surface area contributed by atoms with E-state index in [4.69, 9.17) is 0 Å². The van der Waals surface area contributed by atoms with Crippen LogP contribution in [0.25, 0.3) is 5.57 Å². The molecule has 2 aromatic carbocycles. The molecule has 0 fully saturated rings. The molecule has 0 aromatic heterocycles. The maximum absolute atomic E-state index is 9.51. The Kier molecular flexibility index (Phi) is 6.09. The number of aryl methyl sites for hydroxylation is 1. The van der Waals surface area contributed by atoms with Gasteiger partial charge in [-0.1, -0.05) is 54.3 Å². The number of aliphatic hydroxyl groups excluding tert-OH is 2. The largest absolute Gasteiger partial charge is 0.395 e. The number of hydrogen-bond donors (Lipinski definition) is 2. The molecule has 2 aliphatic heterocycles. The first-order valence-electron chi connectivity index (χ1n) is 9.89. The second-order valence-corrected chi connectivity index (χ2v) is 8.31. The summed E-state index contributed by atoms with van der Waals surface area (Å²) in [6.45, 7) is 3.57. The van der Waals surface area contributed by atoms with E-state index in [1.807, 2.05) is 30.1 Å². The second-order valence-electron chi connectivity index (χ2n) is 7.15. The number of β-amino-alcohol motifs (C(OH)–C–C–N with tert-alkyl or cyclic N) is 2. The van der Waals surface area contributed by atoms with Crippen LogP contribution >= 0.6 is 11.8 Å². The van der Waals surface area contributed by atoms with Crippen LogP contribution in [0.3, 0.4) is 0 Å². The molecule has 1 unspecified atom stereocenters. The molecule has 2 aliphatic rings. The highest BCUT2D eigenvalue weighted by atomic mass is 32.2. The van der Waals surface area contributed by atoms with Gasteiger partial charge in [-0.2, -0.15) is 0 Å². The van der Waals surface area contributed by atoms with Gasteiger partial charge in [0, 0.05) is 35.4 Å². The minimum absolute atomic E-state index is 0.122. The zero-order valence-corrected chi connectivity index (χ0v) is 17.3. The van der Waals surface area contributed by atoms with Crippen LogP contribution in [0.15, 0.2) is 77.9 Å². The summed E-state index contributed by atoms with van der Waals surface area (Å²) < 4.78 is 0. The second kappa shape index (κ2) is 8.91. The highest BCUT2D eigenvalue weighted by molar-refractivity contribution is 8.00. The molecule has 0 amide bonds. The number of anilines is 2. The quantitative estimate of drug-likeness (QED) is 0.753. The summed E-state index contributed by atoms with van der Waals surface area (Å²) in [6, 6.07) is 14.8. The maximum atomic E-state index is 9.51. The first-order valence-corrected chi connectivity index (χ1v) is 10.8. The first-order chi connectivity index (χ1) is 14.2. The number of fused-ring (bicyclic) bond motifs is 2. The number of allylic oxidation sites excluding steroid dienone is 4. The lowest BCUT2D eigenvalue weighted by atomic mass is 9.99. The van der Waals surface area contributed by atoms with Gasteiger partial charge in [-0.15, -0.1) is 0 Å². The van der Waals surface area contributed by atoms with Crippen molar-refractivity contribution in [2.45, 2.75) is 17.2 Å². The minimum atomic E-state index is 0.122. The predicted octanol–water partition coefficient (Wildman–Crippen LogP) is 4.19. The van der Waals surface area contributed by atoms with Crippen LogP contribution in [-0.4, -0.2) is 41.9 Å². The molecule has 2 heterocycles. The van der Waals surface area contributed by atoms with E-state index in [1.54, 1.807) is 0 Å². The van der Waals surface area contributed by atoms with Crippen LogP contribution in [0.2, 0.25) is 0 Å². The molecule has 1 atom stereocenters. The van der Waals surface area contributed by atoms with Crippen molar-refractivity contribution in [1.29, 1.82) is 0 Å². The molecular weight excluding hydrogens is 380 g/mol. The van der Waals surface area contributed by atoms with Gasteiger partial charge in [-0.05, 0) is 42.3 Å². The summed E-state index contributed by atoms with van der Waals surface area (Å²) in [4.78, 5) is 5.59. The van der Waals surface area contributed by atoms with Gasteiger partial charge in [0.15, 0.2) is 0 Å². The fraction of sp³-hybridized carbons (Fsp3) is 0.250. The summed E-state index contributed by atoms with van der Waals surface area (Å²) >= 11 is 1.82. The Balaban J connectivity index is 1.57. The number of nitrogens with zero attached hydrogens (tertiary/aromatic N) is 2. The van der Waals surface area contributed by atoms with Gasteiger partial charge >= 0.3 is 0 Å². The summed E-state index contributed by atoms with van der Waals surface area (Å²) in [5.74, 6) is 0. The summed E-state index contributed by atoms with van der Waals surface area (Å²) in [6.07, 6.45) is 10.6. The maximum Gasteiger partial charge on any atom is 0.0986 e. The molecular formula is C24H26N2O2S. The van der Waals surface area contributed by atoms with Crippen LogP contribution < -0.4 is 9.80 Å². The highest BCUT2D eigenvalue weighted by Gasteiger charge is 2.27. The minimum Gasteiger partial charge on any atom is -0.395 e. The SMILES string of the molecule is Cc1ccc2c(c1)SC(/C=C/C=C1\C=CN(CCO)c3ccccc31)N2CCO. The Bertz CT molecular complexity index is 967. The van der Waals surface area contributed by atoms with Crippen molar-refractivity contribution in [3.05, 3.63) is 84.1 Å². The lowest BCUT2D eigenvalue weighted by Crippen LogP contribution is -2.30. The number of para-hydroxylation sites is 1. The molecule has 29 heavy (non-hydrogen) atoms. The molecule has 150 valence electrons. The highest BCUT2D eigenvalue weighted by Crippen LogP contribution is 2.44. The van der Waals surface area contributed by atoms with Crippen molar-refractivity contribution in [3.63, 3.8) is 0 Å². The van der Waals surface area contributed by atoms with E-state index < -0.39 is 0 Å². The van der Waals surface area contributed by atoms with E-state index >= 15 is 0 Å². The number of hydrogen-bond acceptors (Lipinski definition) is 5. The van der Waals surface area contributed by atoms with E-state index in [-0.39, 0.29) is 18.6 Å². The van der Waals surface area contributed by atoms with Crippen LogP contribution in [0.5, 0.6) is 0 Å². The molecule has 0 saturated heterocycles. The lowest BCUT2D eigenvalue weighted by Gasteiger charge is -2.27. The average molecular weight is 407 g/mol. The predicted molar refractivity (Wildman–Crippen MR) is 122 cm³/mol. The van der Waals surface area contributed by atoms with Crippen LogP contribution in [0.4, 0.5) is 11.4 Å². The molecule has 0 saturated carbocycles. The summed E-state index contributed by atoms with van der Waals surface area (Å²) in [5, 5.41) is 19.0. The third-order valence-corrected chi connectivity index (χ3v) is 6.41. The van der Waals surface area contributed by atoms with Crippen molar-refractivity contribution in [1.82, 2.24) is 0 Å². The van der Waals surface area contributed by atoms with Crippen LogP contribution in [0.1, 0.15) is 11.1 Å². The molecule has 4 rings (SSSR count). The van der Waals surface area contributed by atoms with Gasteiger partial charge in [-0.25, -0.2) is 0 Å². The number of aliphatic hydroxyl groups is 2. The lowest BCUT2D eigenvalue weighted by molar-refractivity contribution is 0.302. The van der Waals surface area contributed by atoms with Gasteiger partial charge in [0.25, 0.3) is 0 Å². The van der Waals surface area contributed by atoms with Gasteiger partial charge in [0.2, 0.25) is 0 Å². The van der Waals surface area contributed by atoms with E-state index in [1.165, 1.54) is 21.7 Å². The van der Waals surface area contributed by atoms with E-state index in [0.717, 1.165) is 11.3 Å². The van der Waals surface area contributed by atoms with Gasteiger partial charge in [-0.3, -0.25) is 0 Å². The van der Waals surface area contributed by atoms with Gasteiger partial charge in [0.1, 0.15) is 0 Å². The third kappa shape index (κ3) is 4.13. The van der Waals surface area contributed by atoms with Gasteiger partial charge < -0.3 is 20.0 Å².